The highest BCUT2D eigenvalue weighted by Crippen LogP contribution is 2.34. The molecule has 4 aromatic carbocycles. The van der Waals surface area contributed by atoms with Crippen molar-refractivity contribution >= 4 is 10.4 Å². The molecule has 0 aliphatic carbocycles. The second-order valence-electron chi connectivity index (χ2n) is 11.6. The molecule has 0 bridgehead atoms. The highest BCUT2D eigenvalue weighted by Gasteiger charge is 2.19. The van der Waals surface area contributed by atoms with Gasteiger partial charge in [0.25, 0.3) is 0 Å². The second-order valence-corrected chi connectivity index (χ2v) is 12.4. The lowest BCUT2D eigenvalue weighted by molar-refractivity contribution is -0.901. The molecule has 4 aromatic rings. The molecule has 9 heteroatoms. The van der Waals surface area contributed by atoms with E-state index in [4.69, 9.17) is 17.5 Å². The summed E-state index contributed by atoms with van der Waals surface area (Å²) in [6, 6.07) is 32.1. The minimum atomic E-state index is -5.17. The number of aromatic hydroxyl groups is 2. The molecule has 4 rings (SSSR count). The van der Waals surface area contributed by atoms with Gasteiger partial charge in [-0.2, -0.15) is 0 Å². The first-order chi connectivity index (χ1) is 20.1. The molecular formula is C34H44N2O6S. The predicted molar refractivity (Wildman–Crippen MR) is 170 cm³/mol. The molecule has 0 fully saturated rings. The first kappa shape index (κ1) is 35.5. The van der Waals surface area contributed by atoms with Gasteiger partial charge >= 0.3 is 0 Å². The van der Waals surface area contributed by atoms with E-state index in [-0.39, 0.29) is 0 Å². The molecular weight excluding hydrogens is 564 g/mol. The number of rotatable bonds is 8. The lowest BCUT2D eigenvalue weighted by Gasteiger charge is -2.28. The van der Waals surface area contributed by atoms with Crippen molar-refractivity contribution in [1.82, 2.24) is 0 Å². The topological polar surface area (TPSA) is 121 Å². The number of nitrogens with zero attached hydrogens (tertiary/aromatic N) is 2. The summed E-state index contributed by atoms with van der Waals surface area (Å²) in [5, 5.41) is 21.0. The summed E-state index contributed by atoms with van der Waals surface area (Å²) in [7, 11) is 3.53. The number of quaternary nitrogens is 2. The van der Waals surface area contributed by atoms with Crippen molar-refractivity contribution in [3.05, 3.63) is 108 Å². The number of phenolic OH excluding ortho intramolecular Hbond substituents is 2. The SMILES string of the molecule is CC[N+](C)(C)Cc1cccc(-c2ccccc2)c1O.CC[N+](C)(C)Cc1cccc(-c2ccccc2)c1O.O=S(=O)([O-])[O-]. The Morgan fingerprint density at radius 2 is 0.860 bits per heavy atom. The van der Waals surface area contributed by atoms with Crippen LogP contribution in [0.4, 0.5) is 0 Å². The molecule has 0 saturated carbocycles. The predicted octanol–water partition coefficient (Wildman–Crippen LogP) is 5.97. The van der Waals surface area contributed by atoms with Crippen LogP contribution < -0.4 is 0 Å². The Bertz CT molecular complexity index is 1430. The van der Waals surface area contributed by atoms with E-state index in [0.29, 0.717) is 11.5 Å². The fourth-order valence-electron chi connectivity index (χ4n) is 4.29. The minimum absolute atomic E-state index is 0.411. The van der Waals surface area contributed by atoms with Crippen molar-refractivity contribution in [2.24, 2.45) is 0 Å². The number of phenols is 2. The van der Waals surface area contributed by atoms with Crippen LogP contribution in [0.15, 0.2) is 97.1 Å². The van der Waals surface area contributed by atoms with E-state index in [2.05, 4.69) is 42.0 Å². The fourth-order valence-corrected chi connectivity index (χ4v) is 4.29. The standard InChI is InChI=1S/2C17H21NO.H2O4S/c2*1-4-18(2,3)13-15-11-8-12-16(17(15)19)14-9-6-5-7-10-14;1-5(2,3)4/h2*5-12H,4,13H2,1-3H3;(H2,1,2,3,4). The van der Waals surface area contributed by atoms with E-state index in [1.165, 1.54) is 0 Å². The van der Waals surface area contributed by atoms with Crippen molar-refractivity contribution in [1.29, 1.82) is 0 Å². The minimum Gasteiger partial charge on any atom is -0.759 e. The summed E-state index contributed by atoms with van der Waals surface area (Å²) < 4.78 is 35.8. The molecule has 0 aliphatic rings. The van der Waals surface area contributed by atoms with Gasteiger partial charge < -0.3 is 28.3 Å². The maximum absolute atomic E-state index is 10.5. The van der Waals surface area contributed by atoms with Gasteiger partial charge in [0.1, 0.15) is 24.6 Å². The molecule has 0 heterocycles. The third kappa shape index (κ3) is 12.2. The Morgan fingerprint density at radius 3 is 1.14 bits per heavy atom. The van der Waals surface area contributed by atoms with Gasteiger partial charge in [-0.3, -0.25) is 8.42 Å². The van der Waals surface area contributed by atoms with Gasteiger partial charge in [-0.15, -0.1) is 0 Å². The van der Waals surface area contributed by atoms with E-state index in [0.717, 1.165) is 68.5 Å². The number of benzene rings is 4. The van der Waals surface area contributed by atoms with Gasteiger partial charge in [-0.05, 0) is 37.1 Å². The van der Waals surface area contributed by atoms with Gasteiger partial charge in [0, 0.05) is 32.7 Å². The van der Waals surface area contributed by atoms with Crippen molar-refractivity contribution in [3.63, 3.8) is 0 Å². The molecule has 2 N–H and O–H groups in total. The summed E-state index contributed by atoms with van der Waals surface area (Å²) in [6.45, 7) is 8.08. The van der Waals surface area contributed by atoms with Gasteiger partial charge in [-0.25, -0.2) is 0 Å². The summed E-state index contributed by atoms with van der Waals surface area (Å²) in [6.07, 6.45) is 0. The molecule has 0 radical (unpaired) electrons. The third-order valence-corrected chi connectivity index (χ3v) is 7.32. The highest BCUT2D eigenvalue weighted by molar-refractivity contribution is 7.79. The monoisotopic (exact) mass is 608 g/mol. The Kier molecular flexibility index (Phi) is 12.9. The first-order valence-corrected chi connectivity index (χ1v) is 15.4. The molecule has 0 atom stereocenters. The van der Waals surface area contributed by atoms with Crippen LogP contribution in [0.25, 0.3) is 22.3 Å². The quantitative estimate of drug-likeness (QED) is 0.144. The van der Waals surface area contributed by atoms with Crippen molar-refractivity contribution in [3.8, 4) is 33.8 Å². The third-order valence-electron chi connectivity index (χ3n) is 7.32. The van der Waals surface area contributed by atoms with E-state index >= 15 is 0 Å². The Hall–Kier alpha value is -3.73. The van der Waals surface area contributed by atoms with E-state index in [9.17, 15) is 10.2 Å². The lowest BCUT2D eigenvalue weighted by Crippen LogP contribution is -2.38. The van der Waals surface area contributed by atoms with Crippen molar-refractivity contribution in [2.45, 2.75) is 26.9 Å². The molecule has 0 saturated heterocycles. The molecule has 0 unspecified atom stereocenters. The summed E-state index contributed by atoms with van der Waals surface area (Å²) >= 11 is 0. The maximum Gasteiger partial charge on any atom is 0.132 e. The van der Waals surface area contributed by atoms with Crippen LogP contribution >= 0.6 is 0 Å². The first-order valence-electron chi connectivity index (χ1n) is 14.1. The van der Waals surface area contributed by atoms with Gasteiger partial charge in [-0.1, -0.05) is 84.9 Å². The Labute approximate surface area is 256 Å². The van der Waals surface area contributed by atoms with Crippen LogP contribution in [0.3, 0.4) is 0 Å². The van der Waals surface area contributed by atoms with E-state index in [1.807, 2.05) is 97.1 Å². The zero-order chi connectivity index (χ0) is 32.3. The fraction of sp³-hybridized carbons (Fsp3) is 0.294. The molecule has 0 aromatic heterocycles. The van der Waals surface area contributed by atoms with Crippen LogP contribution in [0.1, 0.15) is 25.0 Å². The number of hydrogen-bond donors (Lipinski definition) is 2. The van der Waals surface area contributed by atoms with Gasteiger partial charge in [0.15, 0.2) is 0 Å². The summed E-state index contributed by atoms with van der Waals surface area (Å²) in [4.78, 5) is 0. The van der Waals surface area contributed by atoms with Crippen LogP contribution in [-0.2, 0) is 23.5 Å². The largest absolute Gasteiger partial charge is 0.759 e. The lowest BCUT2D eigenvalue weighted by atomic mass is 10.0. The average Bonchev–Trinajstić information content (AvgIpc) is 2.95. The molecule has 0 amide bonds. The molecule has 0 spiro atoms. The smallest absolute Gasteiger partial charge is 0.132 e. The summed E-state index contributed by atoms with van der Waals surface area (Å²) in [5.74, 6) is 0.821. The van der Waals surface area contributed by atoms with Crippen LogP contribution in [0.2, 0.25) is 0 Å². The zero-order valence-corrected chi connectivity index (χ0v) is 26.7. The van der Waals surface area contributed by atoms with Crippen molar-refractivity contribution < 1.29 is 36.7 Å². The average molecular weight is 609 g/mol. The normalized spacial score (nSPS) is 11.5. The van der Waals surface area contributed by atoms with E-state index < -0.39 is 10.4 Å². The Balaban J connectivity index is 0.000000260. The van der Waals surface area contributed by atoms with Crippen molar-refractivity contribution in [2.75, 3.05) is 41.3 Å². The van der Waals surface area contributed by atoms with Crippen LogP contribution in [0.5, 0.6) is 11.5 Å². The van der Waals surface area contributed by atoms with Crippen LogP contribution in [0, 0.1) is 0 Å². The van der Waals surface area contributed by atoms with Crippen LogP contribution in [-0.4, -0.2) is 78.0 Å². The van der Waals surface area contributed by atoms with Gasteiger partial charge in [0.2, 0.25) is 0 Å². The zero-order valence-electron chi connectivity index (χ0n) is 25.9. The maximum atomic E-state index is 10.5. The molecule has 0 aliphatic heterocycles. The summed E-state index contributed by atoms with van der Waals surface area (Å²) in [5.41, 5.74) is 5.96. The Morgan fingerprint density at radius 1 is 0.558 bits per heavy atom. The number of para-hydroxylation sites is 2. The molecule has 43 heavy (non-hydrogen) atoms. The molecule has 8 nitrogen and oxygen atoms in total. The molecule has 232 valence electrons. The second kappa shape index (κ2) is 15.7. The van der Waals surface area contributed by atoms with E-state index in [1.54, 1.807) is 0 Å². The highest BCUT2D eigenvalue weighted by atomic mass is 32.3. The number of hydrogen-bond acceptors (Lipinski definition) is 6. The van der Waals surface area contributed by atoms with Gasteiger partial charge in [0.05, 0.1) is 41.3 Å².